The number of ether oxygens (including phenoxy) is 1. The molecule has 7 heteroatoms. The van der Waals surface area contributed by atoms with E-state index in [2.05, 4.69) is 0 Å². The van der Waals surface area contributed by atoms with Crippen molar-refractivity contribution in [3.63, 3.8) is 0 Å². The Morgan fingerprint density at radius 2 is 2.05 bits per heavy atom. The molecule has 0 saturated heterocycles. The SMILES string of the molecule is COCC(=O)N(CC(C)C(=O)O)c1ccc(SC#N)cc1. The van der Waals surface area contributed by atoms with Gasteiger partial charge in [0.25, 0.3) is 5.91 Å². The van der Waals surface area contributed by atoms with E-state index in [1.807, 2.05) is 5.40 Å². The zero-order valence-electron chi connectivity index (χ0n) is 11.8. The third-order valence-corrected chi connectivity index (χ3v) is 3.36. The van der Waals surface area contributed by atoms with Crippen LogP contribution >= 0.6 is 11.8 Å². The van der Waals surface area contributed by atoms with Crippen LogP contribution < -0.4 is 4.90 Å². The zero-order chi connectivity index (χ0) is 15.8. The lowest BCUT2D eigenvalue weighted by molar-refractivity contribution is -0.140. The van der Waals surface area contributed by atoms with Gasteiger partial charge in [-0.15, -0.1) is 0 Å². The number of benzene rings is 1. The smallest absolute Gasteiger partial charge is 0.308 e. The first-order chi connectivity index (χ1) is 9.99. The normalized spacial score (nSPS) is 11.5. The average Bonchev–Trinajstić information content (AvgIpc) is 2.46. The van der Waals surface area contributed by atoms with E-state index in [1.54, 1.807) is 24.3 Å². The molecule has 0 bridgehead atoms. The molecule has 112 valence electrons. The number of methoxy groups -OCH3 is 1. The summed E-state index contributed by atoms with van der Waals surface area (Å²) in [5.41, 5.74) is 0.576. The molecule has 0 heterocycles. The second-order valence-electron chi connectivity index (χ2n) is 4.36. The Morgan fingerprint density at radius 1 is 1.43 bits per heavy atom. The summed E-state index contributed by atoms with van der Waals surface area (Å²) in [4.78, 5) is 25.2. The molecule has 1 rings (SSSR count). The molecule has 1 aromatic carbocycles. The summed E-state index contributed by atoms with van der Waals surface area (Å²) in [6.45, 7) is 1.47. The van der Waals surface area contributed by atoms with Gasteiger partial charge in [-0.25, -0.2) is 0 Å². The number of hydrogen-bond donors (Lipinski definition) is 1. The largest absolute Gasteiger partial charge is 0.481 e. The molecule has 0 aliphatic heterocycles. The molecule has 1 atom stereocenters. The summed E-state index contributed by atoms with van der Waals surface area (Å²) in [7, 11) is 1.41. The Balaban J connectivity index is 2.97. The van der Waals surface area contributed by atoms with Crippen molar-refractivity contribution in [1.29, 1.82) is 5.26 Å². The molecule has 21 heavy (non-hydrogen) atoms. The van der Waals surface area contributed by atoms with Crippen molar-refractivity contribution in [2.75, 3.05) is 25.2 Å². The van der Waals surface area contributed by atoms with E-state index in [0.29, 0.717) is 5.69 Å². The van der Waals surface area contributed by atoms with Gasteiger partial charge in [-0.3, -0.25) is 9.59 Å². The Labute approximate surface area is 127 Å². The third kappa shape index (κ3) is 5.10. The maximum absolute atomic E-state index is 12.1. The first-order valence-electron chi connectivity index (χ1n) is 6.17. The van der Waals surface area contributed by atoms with Crippen LogP contribution in [0.1, 0.15) is 6.92 Å². The topological polar surface area (TPSA) is 90.6 Å². The molecule has 0 radical (unpaired) electrons. The highest BCUT2D eigenvalue weighted by Gasteiger charge is 2.21. The Morgan fingerprint density at radius 3 is 2.52 bits per heavy atom. The first kappa shape index (κ1) is 17.0. The fourth-order valence-corrected chi connectivity index (χ4v) is 2.03. The van der Waals surface area contributed by atoms with Gasteiger partial charge in [0.15, 0.2) is 0 Å². The van der Waals surface area contributed by atoms with Crippen LogP contribution in [0.2, 0.25) is 0 Å². The number of nitriles is 1. The number of carboxylic acids is 1. The number of rotatable bonds is 7. The van der Waals surface area contributed by atoms with Crippen molar-refractivity contribution in [3.8, 4) is 5.40 Å². The standard InChI is InChI=1S/C14H16N2O4S/c1-10(14(18)19)7-16(13(17)8-20-2)11-3-5-12(6-4-11)21-9-15/h3-6,10H,7-8H2,1-2H3,(H,18,19). The van der Waals surface area contributed by atoms with Crippen molar-refractivity contribution in [3.05, 3.63) is 24.3 Å². The van der Waals surface area contributed by atoms with Gasteiger partial charge < -0.3 is 14.7 Å². The summed E-state index contributed by atoms with van der Waals surface area (Å²) in [5, 5.41) is 19.6. The van der Waals surface area contributed by atoms with E-state index in [9.17, 15) is 9.59 Å². The van der Waals surface area contributed by atoms with Gasteiger partial charge in [0.2, 0.25) is 0 Å². The van der Waals surface area contributed by atoms with Crippen molar-refractivity contribution in [1.82, 2.24) is 0 Å². The molecule has 1 aromatic rings. The highest BCUT2D eigenvalue weighted by molar-refractivity contribution is 8.03. The average molecular weight is 308 g/mol. The van der Waals surface area contributed by atoms with Crippen molar-refractivity contribution >= 4 is 29.3 Å². The summed E-state index contributed by atoms with van der Waals surface area (Å²) >= 11 is 1.02. The number of nitrogens with zero attached hydrogens (tertiary/aromatic N) is 2. The van der Waals surface area contributed by atoms with Crippen LogP contribution in [0.5, 0.6) is 0 Å². The zero-order valence-corrected chi connectivity index (χ0v) is 12.6. The van der Waals surface area contributed by atoms with Crippen molar-refractivity contribution < 1.29 is 19.4 Å². The Kier molecular flexibility index (Phi) is 6.72. The fourth-order valence-electron chi connectivity index (χ4n) is 1.65. The maximum Gasteiger partial charge on any atom is 0.308 e. The molecule has 0 aromatic heterocycles. The Hall–Kier alpha value is -2.04. The third-order valence-electron chi connectivity index (χ3n) is 2.76. The number of carbonyl (C=O) groups is 2. The number of carbonyl (C=O) groups excluding carboxylic acids is 1. The van der Waals surface area contributed by atoms with E-state index >= 15 is 0 Å². The van der Waals surface area contributed by atoms with E-state index in [-0.39, 0.29) is 19.1 Å². The molecule has 0 spiro atoms. The van der Waals surface area contributed by atoms with Crippen molar-refractivity contribution in [2.24, 2.45) is 5.92 Å². The van der Waals surface area contributed by atoms with Crippen LogP contribution in [0.3, 0.4) is 0 Å². The first-order valence-corrected chi connectivity index (χ1v) is 6.99. The fraction of sp³-hybridized carbons (Fsp3) is 0.357. The summed E-state index contributed by atoms with van der Waals surface area (Å²) in [6, 6.07) is 6.78. The molecular weight excluding hydrogens is 292 g/mol. The minimum atomic E-state index is -0.970. The van der Waals surface area contributed by atoms with Gasteiger partial charge in [-0.1, -0.05) is 6.92 Å². The van der Waals surface area contributed by atoms with E-state index < -0.39 is 11.9 Å². The quantitative estimate of drug-likeness (QED) is 0.611. The molecular formula is C14H16N2O4S. The lowest BCUT2D eigenvalue weighted by Gasteiger charge is -2.24. The molecule has 1 N–H and O–H groups in total. The molecule has 0 saturated carbocycles. The number of carboxylic acid groups (broad SMARTS) is 1. The van der Waals surface area contributed by atoms with Crippen LogP contribution in [0.25, 0.3) is 0 Å². The highest BCUT2D eigenvalue weighted by Crippen LogP contribution is 2.22. The van der Waals surface area contributed by atoms with Gasteiger partial charge in [0.05, 0.1) is 5.92 Å². The van der Waals surface area contributed by atoms with Crippen LogP contribution in [-0.4, -0.2) is 37.2 Å². The molecule has 0 aliphatic rings. The van der Waals surface area contributed by atoms with Gasteiger partial charge >= 0.3 is 5.97 Å². The number of amides is 1. The molecule has 1 amide bonds. The summed E-state index contributed by atoms with van der Waals surface area (Å²) in [5.74, 6) is -1.98. The molecule has 1 unspecified atom stereocenters. The predicted octanol–water partition coefficient (Wildman–Crippen LogP) is 1.96. The maximum atomic E-state index is 12.1. The second kappa shape index (κ2) is 8.29. The highest BCUT2D eigenvalue weighted by atomic mass is 32.2. The lowest BCUT2D eigenvalue weighted by Crippen LogP contribution is -2.39. The summed E-state index contributed by atoms with van der Waals surface area (Å²) in [6.07, 6.45) is 0. The number of hydrogen-bond acceptors (Lipinski definition) is 5. The van der Waals surface area contributed by atoms with Crippen LogP contribution in [0, 0.1) is 16.6 Å². The number of anilines is 1. The van der Waals surface area contributed by atoms with Crippen LogP contribution in [-0.2, 0) is 14.3 Å². The van der Waals surface area contributed by atoms with Crippen molar-refractivity contribution in [2.45, 2.75) is 11.8 Å². The predicted molar refractivity (Wildman–Crippen MR) is 78.9 cm³/mol. The van der Waals surface area contributed by atoms with E-state index in [4.69, 9.17) is 15.1 Å². The number of thiocyanates is 1. The number of aliphatic carboxylic acids is 1. The summed E-state index contributed by atoms with van der Waals surface area (Å²) < 4.78 is 4.82. The van der Waals surface area contributed by atoms with Gasteiger partial charge in [0.1, 0.15) is 12.0 Å². The lowest BCUT2D eigenvalue weighted by atomic mass is 10.1. The van der Waals surface area contributed by atoms with Gasteiger partial charge in [-0.05, 0) is 36.0 Å². The monoisotopic (exact) mass is 308 g/mol. The van der Waals surface area contributed by atoms with Gasteiger partial charge in [-0.2, -0.15) is 5.26 Å². The molecule has 6 nitrogen and oxygen atoms in total. The second-order valence-corrected chi connectivity index (χ2v) is 5.22. The Bertz CT molecular complexity index is 539. The van der Waals surface area contributed by atoms with E-state index in [0.717, 1.165) is 16.7 Å². The minimum Gasteiger partial charge on any atom is -0.481 e. The minimum absolute atomic E-state index is 0.0578. The van der Waals surface area contributed by atoms with Gasteiger partial charge in [0, 0.05) is 24.2 Å². The van der Waals surface area contributed by atoms with Crippen LogP contribution in [0.15, 0.2) is 29.2 Å². The van der Waals surface area contributed by atoms with Crippen LogP contribution in [0.4, 0.5) is 5.69 Å². The molecule has 0 aliphatic carbocycles. The van der Waals surface area contributed by atoms with E-state index in [1.165, 1.54) is 18.9 Å². The number of thioether (sulfide) groups is 1. The molecule has 0 fully saturated rings.